The van der Waals surface area contributed by atoms with E-state index >= 15 is 0 Å². The Hall–Kier alpha value is -2.56. The van der Waals surface area contributed by atoms with Crippen LogP contribution in [0.15, 0.2) is 43.0 Å². The van der Waals surface area contributed by atoms with Gasteiger partial charge in [0.15, 0.2) is 0 Å². The number of nitrogens with one attached hydrogen (secondary N) is 1. The molecule has 1 fully saturated rings. The molecule has 2 aliphatic rings. The Morgan fingerprint density at radius 3 is 2.85 bits per heavy atom. The van der Waals surface area contributed by atoms with Crippen LogP contribution < -0.4 is 0 Å². The second-order valence-electron chi connectivity index (χ2n) is 8.52. The summed E-state index contributed by atoms with van der Waals surface area (Å²) in [4.78, 5) is 23.6. The Balaban J connectivity index is 1.50. The lowest BCUT2D eigenvalue weighted by atomic mass is 9.88. The molecule has 1 atom stereocenters. The minimum absolute atomic E-state index is 0.119. The Morgan fingerprint density at radius 2 is 2.15 bits per heavy atom. The number of H-pyrrole nitrogens is 1. The number of aromatic nitrogens is 3. The van der Waals surface area contributed by atoms with Gasteiger partial charge in [0.05, 0.1) is 17.8 Å². The molecule has 3 aromatic rings. The van der Waals surface area contributed by atoms with Gasteiger partial charge in [-0.25, -0.2) is 4.98 Å². The fourth-order valence-electron chi connectivity index (χ4n) is 4.82. The molecule has 1 aromatic carbocycles. The van der Waals surface area contributed by atoms with E-state index in [4.69, 9.17) is 0 Å². The number of amides is 1. The van der Waals surface area contributed by atoms with Crippen molar-refractivity contribution >= 4 is 16.8 Å². The van der Waals surface area contributed by atoms with Gasteiger partial charge in [0.1, 0.15) is 0 Å². The van der Waals surface area contributed by atoms with Crippen LogP contribution in [0.2, 0.25) is 0 Å². The van der Waals surface area contributed by atoms with Crippen molar-refractivity contribution in [3.05, 3.63) is 54.2 Å². The maximum Gasteiger partial charge on any atom is 0.231 e. The maximum absolute atomic E-state index is 13.6. The largest absolute Gasteiger partial charge is 0.356 e. The zero-order valence-corrected chi connectivity index (χ0v) is 16.0. The highest BCUT2D eigenvalue weighted by Gasteiger charge is 2.53. The van der Waals surface area contributed by atoms with Crippen LogP contribution in [-0.4, -0.2) is 31.9 Å². The van der Waals surface area contributed by atoms with Crippen molar-refractivity contribution in [1.29, 1.82) is 0 Å². The van der Waals surface area contributed by atoms with E-state index in [9.17, 15) is 4.79 Å². The number of imidazole rings is 1. The Labute approximate surface area is 159 Å². The standard InChI is InChI=1S/C22H26N4O/c1-15(2)20-19-17(16-5-3-4-6-18(16)24-19)7-11-26(20)21(27)22(8-9-22)13-25-12-10-23-14-25/h3-6,10,12,14-15,20,24H,7-9,11,13H2,1-2H3/t20-/m1/s1. The number of fused-ring (bicyclic) bond motifs is 3. The Kier molecular flexibility index (Phi) is 3.67. The van der Waals surface area contributed by atoms with E-state index in [1.807, 2.05) is 17.1 Å². The summed E-state index contributed by atoms with van der Waals surface area (Å²) in [5, 5.41) is 1.31. The third-order valence-corrected chi connectivity index (χ3v) is 6.32. The lowest BCUT2D eigenvalue weighted by molar-refractivity contribution is -0.141. The molecule has 1 saturated carbocycles. The van der Waals surface area contributed by atoms with Crippen LogP contribution in [0.4, 0.5) is 0 Å². The third-order valence-electron chi connectivity index (χ3n) is 6.32. The average molecular weight is 362 g/mol. The number of aromatic amines is 1. The van der Waals surface area contributed by atoms with Crippen LogP contribution >= 0.6 is 0 Å². The van der Waals surface area contributed by atoms with Crippen molar-refractivity contribution in [1.82, 2.24) is 19.4 Å². The topological polar surface area (TPSA) is 53.9 Å². The van der Waals surface area contributed by atoms with Gasteiger partial charge >= 0.3 is 0 Å². The van der Waals surface area contributed by atoms with Crippen LogP contribution in [0, 0.1) is 11.3 Å². The molecule has 1 aliphatic carbocycles. The van der Waals surface area contributed by atoms with Gasteiger partial charge in [-0.05, 0) is 36.8 Å². The molecule has 1 N–H and O–H groups in total. The van der Waals surface area contributed by atoms with Crippen molar-refractivity contribution in [2.75, 3.05) is 6.54 Å². The zero-order chi connectivity index (χ0) is 18.6. The summed E-state index contributed by atoms with van der Waals surface area (Å²) < 4.78 is 2.05. The van der Waals surface area contributed by atoms with Gasteiger partial charge in [-0.3, -0.25) is 4.79 Å². The molecule has 2 aromatic heterocycles. The van der Waals surface area contributed by atoms with E-state index in [-0.39, 0.29) is 11.5 Å². The molecule has 0 saturated heterocycles. The first-order valence-electron chi connectivity index (χ1n) is 9.95. The first-order valence-corrected chi connectivity index (χ1v) is 9.95. The summed E-state index contributed by atoms with van der Waals surface area (Å²) in [5.74, 6) is 0.685. The number of carbonyl (C=O) groups is 1. The van der Waals surface area contributed by atoms with Crippen molar-refractivity contribution in [2.24, 2.45) is 11.3 Å². The van der Waals surface area contributed by atoms with Gasteiger partial charge in [-0.1, -0.05) is 32.0 Å². The monoisotopic (exact) mass is 362 g/mol. The number of carbonyl (C=O) groups excluding carboxylic acids is 1. The van der Waals surface area contributed by atoms with Crippen molar-refractivity contribution in [3.63, 3.8) is 0 Å². The molecule has 0 bridgehead atoms. The molecule has 27 heavy (non-hydrogen) atoms. The number of hydrogen-bond donors (Lipinski definition) is 1. The lowest BCUT2D eigenvalue weighted by Crippen LogP contribution is -2.46. The van der Waals surface area contributed by atoms with Crippen LogP contribution in [0.25, 0.3) is 10.9 Å². The minimum Gasteiger partial charge on any atom is -0.356 e. The Bertz CT molecular complexity index is 981. The number of benzene rings is 1. The second kappa shape index (κ2) is 5.98. The van der Waals surface area contributed by atoms with Gasteiger partial charge < -0.3 is 14.5 Å². The van der Waals surface area contributed by atoms with Crippen molar-refractivity contribution in [2.45, 2.75) is 45.7 Å². The summed E-state index contributed by atoms with van der Waals surface area (Å²) in [7, 11) is 0. The highest BCUT2D eigenvalue weighted by atomic mass is 16.2. The summed E-state index contributed by atoms with van der Waals surface area (Å²) >= 11 is 0. The van der Waals surface area contributed by atoms with E-state index in [0.29, 0.717) is 11.8 Å². The molecule has 5 nitrogen and oxygen atoms in total. The molecule has 0 radical (unpaired) electrons. The fraction of sp³-hybridized carbons (Fsp3) is 0.455. The van der Waals surface area contributed by atoms with Crippen LogP contribution in [-0.2, 0) is 17.8 Å². The molecule has 5 rings (SSSR count). The molecule has 5 heteroatoms. The van der Waals surface area contributed by atoms with Gasteiger partial charge in [0.2, 0.25) is 5.91 Å². The van der Waals surface area contributed by atoms with Crippen molar-refractivity contribution in [3.8, 4) is 0 Å². The van der Waals surface area contributed by atoms with Crippen LogP contribution in [0.1, 0.15) is 44.0 Å². The van der Waals surface area contributed by atoms with Gasteiger partial charge in [-0.15, -0.1) is 0 Å². The third kappa shape index (κ3) is 2.59. The summed E-state index contributed by atoms with van der Waals surface area (Å²) in [6.45, 7) is 6.00. The first-order chi connectivity index (χ1) is 13.1. The smallest absolute Gasteiger partial charge is 0.231 e. The average Bonchev–Trinajstić information content (AvgIpc) is 3.10. The van der Waals surface area contributed by atoms with E-state index in [2.05, 4.69) is 53.0 Å². The molecular formula is C22H26N4O. The number of hydrogen-bond acceptors (Lipinski definition) is 2. The van der Waals surface area contributed by atoms with Gasteiger partial charge in [0, 0.05) is 42.1 Å². The van der Waals surface area contributed by atoms with E-state index in [1.165, 1.54) is 22.2 Å². The summed E-state index contributed by atoms with van der Waals surface area (Å²) in [5.41, 5.74) is 3.58. The second-order valence-corrected chi connectivity index (χ2v) is 8.52. The van der Waals surface area contributed by atoms with Crippen LogP contribution in [0.5, 0.6) is 0 Å². The molecule has 1 aliphatic heterocycles. The minimum atomic E-state index is -0.239. The molecule has 140 valence electrons. The molecular weight excluding hydrogens is 336 g/mol. The summed E-state index contributed by atoms with van der Waals surface area (Å²) in [6, 6.07) is 8.62. The molecule has 1 amide bonds. The predicted molar refractivity (Wildman–Crippen MR) is 105 cm³/mol. The van der Waals surface area contributed by atoms with Crippen molar-refractivity contribution < 1.29 is 4.79 Å². The quantitative estimate of drug-likeness (QED) is 0.765. The Morgan fingerprint density at radius 1 is 1.33 bits per heavy atom. The highest BCUT2D eigenvalue weighted by molar-refractivity contribution is 5.88. The normalized spacial score (nSPS) is 20.9. The number of rotatable bonds is 4. The van der Waals surface area contributed by atoms with Gasteiger partial charge in [0.25, 0.3) is 0 Å². The number of nitrogens with zero attached hydrogens (tertiary/aromatic N) is 3. The van der Waals surface area contributed by atoms with Crippen LogP contribution in [0.3, 0.4) is 0 Å². The SMILES string of the molecule is CC(C)[C@@H]1c2[nH]c3ccccc3c2CCN1C(=O)C1(Cn2ccnc2)CC1. The lowest BCUT2D eigenvalue weighted by Gasteiger charge is -2.40. The van der Waals surface area contributed by atoms with E-state index in [1.54, 1.807) is 6.20 Å². The summed E-state index contributed by atoms with van der Waals surface area (Å²) in [6.07, 6.45) is 8.44. The molecule has 0 spiro atoms. The van der Waals surface area contributed by atoms with E-state index < -0.39 is 0 Å². The fourth-order valence-corrected chi connectivity index (χ4v) is 4.82. The number of para-hydroxylation sites is 1. The zero-order valence-electron chi connectivity index (χ0n) is 16.0. The predicted octanol–water partition coefficient (Wildman–Crippen LogP) is 3.93. The highest BCUT2D eigenvalue weighted by Crippen LogP contribution is 2.51. The van der Waals surface area contributed by atoms with E-state index in [0.717, 1.165) is 32.4 Å². The first kappa shape index (κ1) is 16.6. The molecule has 0 unspecified atom stereocenters. The van der Waals surface area contributed by atoms with Gasteiger partial charge in [-0.2, -0.15) is 0 Å². The molecule has 3 heterocycles. The maximum atomic E-state index is 13.6.